The summed E-state index contributed by atoms with van der Waals surface area (Å²) in [6.07, 6.45) is 22.1. The number of hydrogen-bond donors (Lipinski definition) is 1. The molecule has 0 saturated carbocycles. The van der Waals surface area contributed by atoms with Gasteiger partial charge >= 0.3 is 5.97 Å². The Hall–Kier alpha value is -1.09. The highest BCUT2D eigenvalue weighted by molar-refractivity contribution is 5.79. The molecule has 3 heteroatoms. The highest BCUT2D eigenvalue weighted by atomic mass is 16.5. The Morgan fingerprint density at radius 1 is 1.04 bits per heavy atom. The highest BCUT2D eigenvalue weighted by Gasteiger charge is 2.46. The summed E-state index contributed by atoms with van der Waals surface area (Å²) in [7, 11) is 0. The van der Waals surface area contributed by atoms with Crippen LogP contribution in [0.4, 0.5) is 0 Å². The van der Waals surface area contributed by atoms with Crippen LogP contribution in [-0.4, -0.2) is 23.3 Å². The Kier molecular flexibility index (Phi) is 8.58. The van der Waals surface area contributed by atoms with E-state index in [-0.39, 0.29) is 0 Å². The number of ether oxygens (including phenoxy) is 1. The summed E-state index contributed by atoms with van der Waals surface area (Å²) in [4.78, 5) is 10.4. The van der Waals surface area contributed by atoms with Gasteiger partial charge in [-0.1, -0.05) is 50.8 Å². The van der Waals surface area contributed by atoms with Crippen molar-refractivity contribution in [3.05, 3.63) is 24.3 Å². The number of carboxylic acids is 1. The van der Waals surface area contributed by atoms with Crippen molar-refractivity contribution in [1.29, 1.82) is 0 Å². The van der Waals surface area contributed by atoms with E-state index in [1.165, 1.54) is 63.9 Å². The Balaban J connectivity index is 1.69. The normalized spacial score (nSPS) is 29.2. The summed E-state index contributed by atoms with van der Waals surface area (Å²) in [6.45, 7) is 2.25. The van der Waals surface area contributed by atoms with Gasteiger partial charge in [-0.3, -0.25) is 0 Å². The van der Waals surface area contributed by atoms with Gasteiger partial charge in [-0.25, -0.2) is 4.79 Å². The van der Waals surface area contributed by atoms with Gasteiger partial charge in [0.2, 0.25) is 0 Å². The molecule has 2 heterocycles. The fourth-order valence-corrected chi connectivity index (χ4v) is 4.22. The molecule has 0 amide bonds. The van der Waals surface area contributed by atoms with Gasteiger partial charge < -0.3 is 9.84 Å². The monoisotopic (exact) mass is 334 g/mol. The molecule has 0 radical (unpaired) electrons. The summed E-state index contributed by atoms with van der Waals surface area (Å²) >= 11 is 0. The van der Waals surface area contributed by atoms with E-state index in [1.54, 1.807) is 6.08 Å². The molecular formula is C21H34O3. The molecule has 0 aromatic rings. The Labute approximate surface area is 147 Å². The quantitative estimate of drug-likeness (QED) is 0.291. The van der Waals surface area contributed by atoms with Gasteiger partial charge in [-0.2, -0.15) is 0 Å². The zero-order valence-electron chi connectivity index (χ0n) is 15.2. The lowest BCUT2D eigenvalue weighted by Crippen LogP contribution is -2.25. The Morgan fingerprint density at radius 3 is 2.58 bits per heavy atom. The van der Waals surface area contributed by atoms with Crippen molar-refractivity contribution < 1.29 is 14.6 Å². The average Bonchev–Trinajstić information content (AvgIpc) is 3.15. The predicted molar refractivity (Wildman–Crippen MR) is 98.0 cm³/mol. The molecule has 4 atom stereocenters. The van der Waals surface area contributed by atoms with Crippen LogP contribution < -0.4 is 0 Å². The second-order valence-corrected chi connectivity index (χ2v) is 7.33. The van der Waals surface area contributed by atoms with Crippen LogP contribution in [0.2, 0.25) is 0 Å². The molecule has 0 aromatic heterocycles. The first kappa shape index (κ1) is 19.2. The number of carboxylic acid groups (broad SMARTS) is 1. The standard InChI is InChI=1S/C21H34O3/c1-2-3-4-5-6-9-12-17-18(20-16-15-19(17)24-20)13-10-7-8-11-14-21(22)23/h9,11-12,14,17-20H,2-8,10,13,15-16H2,1H3,(H,22,23)/t17-,18+,19-,20+/m0/s1. The summed E-state index contributed by atoms with van der Waals surface area (Å²) in [5, 5.41) is 8.59. The first-order chi connectivity index (χ1) is 11.7. The fourth-order valence-electron chi connectivity index (χ4n) is 4.22. The second-order valence-electron chi connectivity index (χ2n) is 7.33. The van der Waals surface area contributed by atoms with E-state index in [0.717, 1.165) is 12.8 Å². The first-order valence-electron chi connectivity index (χ1n) is 9.94. The largest absolute Gasteiger partial charge is 0.478 e. The van der Waals surface area contributed by atoms with Crippen LogP contribution in [0.25, 0.3) is 0 Å². The third-order valence-corrected chi connectivity index (χ3v) is 5.49. The van der Waals surface area contributed by atoms with Gasteiger partial charge in [-0.15, -0.1) is 0 Å². The number of unbranched alkanes of at least 4 members (excludes halogenated alkanes) is 6. The molecule has 2 aliphatic heterocycles. The molecule has 2 fully saturated rings. The topological polar surface area (TPSA) is 46.5 Å². The van der Waals surface area contributed by atoms with Crippen LogP contribution in [0.15, 0.2) is 24.3 Å². The number of rotatable bonds is 12. The van der Waals surface area contributed by atoms with E-state index in [2.05, 4.69) is 19.1 Å². The lowest BCUT2D eigenvalue weighted by Gasteiger charge is -2.25. The van der Waals surface area contributed by atoms with E-state index < -0.39 is 5.97 Å². The van der Waals surface area contributed by atoms with Gasteiger partial charge in [0.15, 0.2) is 0 Å². The van der Waals surface area contributed by atoms with Crippen molar-refractivity contribution in [3.63, 3.8) is 0 Å². The zero-order valence-corrected chi connectivity index (χ0v) is 15.2. The molecule has 0 aliphatic carbocycles. The van der Waals surface area contributed by atoms with Gasteiger partial charge in [0.25, 0.3) is 0 Å². The zero-order chi connectivity index (χ0) is 17.2. The molecule has 24 heavy (non-hydrogen) atoms. The van der Waals surface area contributed by atoms with E-state index in [9.17, 15) is 4.79 Å². The maximum Gasteiger partial charge on any atom is 0.327 e. The van der Waals surface area contributed by atoms with Crippen LogP contribution in [0.3, 0.4) is 0 Å². The van der Waals surface area contributed by atoms with Gasteiger partial charge in [0.05, 0.1) is 12.2 Å². The summed E-state index contributed by atoms with van der Waals surface area (Å²) in [5.74, 6) is 0.448. The number of aliphatic carboxylic acids is 1. The smallest absolute Gasteiger partial charge is 0.327 e. The minimum absolute atomic E-state index is 0.457. The lowest BCUT2D eigenvalue weighted by molar-refractivity contribution is -0.131. The van der Waals surface area contributed by atoms with Crippen LogP contribution in [0.1, 0.15) is 77.6 Å². The molecule has 2 aliphatic rings. The second kappa shape index (κ2) is 10.7. The Bertz CT molecular complexity index is 427. The van der Waals surface area contributed by atoms with Crippen LogP contribution in [0, 0.1) is 11.8 Å². The highest BCUT2D eigenvalue weighted by Crippen LogP contribution is 2.46. The van der Waals surface area contributed by atoms with Crippen molar-refractivity contribution in [3.8, 4) is 0 Å². The van der Waals surface area contributed by atoms with Gasteiger partial charge in [0, 0.05) is 12.0 Å². The molecule has 2 rings (SSSR count). The number of carbonyl (C=O) groups is 1. The maximum atomic E-state index is 10.4. The maximum absolute atomic E-state index is 10.4. The number of allylic oxidation sites excluding steroid dienone is 2. The average molecular weight is 335 g/mol. The number of fused-ring (bicyclic) bond motifs is 2. The first-order valence-corrected chi connectivity index (χ1v) is 9.94. The molecule has 2 bridgehead atoms. The SMILES string of the molecule is CCCCCCC=C[C@H]1[C@@H](CCCCC=CC(=O)O)[C@H]2CC[C@@H]1O2. The molecule has 2 saturated heterocycles. The lowest BCUT2D eigenvalue weighted by atomic mass is 9.76. The molecule has 1 N–H and O–H groups in total. The van der Waals surface area contributed by atoms with Crippen molar-refractivity contribution >= 4 is 5.97 Å². The van der Waals surface area contributed by atoms with Crippen LogP contribution in [0.5, 0.6) is 0 Å². The van der Waals surface area contributed by atoms with E-state index in [1.807, 2.05) is 0 Å². The van der Waals surface area contributed by atoms with Gasteiger partial charge in [0.1, 0.15) is 0 Å². The minimum atomic E-state index is -0.847. The minimum Gasteiger partial charge on any atom is -0.478 e. The number of hydrogen-bond acceptors (Lipinski definition) is 2. The van der Waals surface area contributed by atoms with Crippen molar-refractivity contribution in [2.45, 2.75) is 89.8 Å². The van der Waals surface area contributed by atoms with Crippen molar-refractivity contribution in [2.24, 2.45) is 11.8 Å². The Morgan fingerprint density at radius 2 is 1.79 bits per heavy atom. The molecule has 0 unspecified atom stereocenters. The predicted octanol–water partition coefficient (Wildman–Crippen LogP) is 5.51. The van der Waals surface area contributed by atoms with E-state index in [0.29, 0.717) is 24.0 Å². The van der Waals surface area contributed by atoms with Crippen molar-refractivity contribution in [1.82, 2.24) is 0 Å². The van der Waals surface area contributed by atoms with E-state index >= 15 is 0 Å². The molecule has 0 aromatic carbocycles. The summed E-state index contributed by atoms with van der Waals surface area (Å²) in [5.41, 5.74) is 0. The summed E-state index contributed by atoms with van der Waals surface area (Å²) < 4.78 is 6.16. The van der Waals surface area contributed by atoms with Gasteiger partial charge in [-0.05, 0) is 50.9 Å². The van der Waals surface area contributed by atoms with Crippen LogP contribution >= 0.6 is 0 Å². The molecule has 0 spiro atoms. The molecular weight excluding hydrogens is 300 g/mol. The van der Waals surface area contributed by atoms with E-state index in [4.69, 9.17) is 9.84 Å². The summed E-state index contributed by atoms with van der Waals surface area (Å²) in [6, 6.07) is 0. The molecule has 3 nitrogen and oxygen atoms in total. The fraction of sp³-hybridized carbons (Fsp3) is 0.762. The van der Waals surface area contributed by atoms with Crippen molar-refractivity contribution in [2.75, 3.05) is 0 Å². The van der Waals surface area contributed by atoms with Crippen LogP contribution in [-0.2, 0) is 9.53 Å². The third-order valence-electron chi connectivity index (χ3n) is 5.49. The third kappa shape index (κ3) is 6.08. The molecule has 136 valence electrons.